The van der Waals surface area contributed by atoms with Crippen molar-refractivity contribution < 1.29 is 14.7 Å². The van der Waals surface area contributed by atoms with Crippen molar-refractivity contribution in [2.45, 2.75) is 33.7 Å². The molecule has 0 saturated carbocycles. The summed E-state index contributed by atoms with van der Waals surface area (Å²) >= 11 is 0. The van der Waals surface area contributed by atoms with Gasteiger partial charge in [0, 0.05) is 12.5 Å². The van der Waals surface area contributed by atoms with Crippen LogP contribution in [0.2, 0.25) is 0 Å². The maximum atomic E-state index is 12.4. The third kappa shape index (κ3) is 5.45. The minimum atomic E-state index is -0.943. The van der Waals surface area contributed by atoms with Crippen molar-refractivity contribution >= 4 is 11.9 Å². The summed E-state index contributed by atoms with van der Waals surface area (Å²) in [6.07, 6.45) is 0.345. The third-order valence-electron chi connectivity index (χ3n) is 4.38. The molecule has 2 unspecified atom stereocenters. The number of aliphatic carboxylic acids is 1. The Hall–Kier alpha value is -2.62. The largest absolute Gasteiger partial charge is 0.481 e. The number of amides is 1. The Bertz CT molecular complexity index is 720. The van der Waals surface area contributed by atoms with E-state index in [-0.39, 0.29) is 5.91 Å². The smallest absolute Gasteiger partial charge is 0.307 e. The van der Waals surface area contributed by atoms with E-state index < -0.39 is 17.8 Å². The fourth-order valence-electron chi connectivity index (χ4n) is 3.05. The third-order valence-corrected chi connectivity index (χ3v) is 4.38. The SMILES string of the molecule is Cc1cc(C)cc(CC(C(=O)O)C(C)C(=O)NCc2ccccc2)c1. The second kappa shape index (κ2) is 8.47. The maximum Gasteiger partial charge on any atom is 0.307 e. The van der Waals surface area contributed by atoms with Crippen LogP contribution in [0, 0.1) is 25.7 Å². The van der Waals surface area contributed by atoms with Crippen LogP contribution in [0.15, 0.2) is 48.5 Å². The first-order valence-electron chi connectivity index (χ1n) is 8.48. The number of hydrogen-bond donors (Lipinski definition) is 2. The molecule has 132 valence electrons. The maximum absolute atomic E-state index is 12.4. The summed E-state index contributed by atoms with van der Waals surface area (Å²) in [7, 11) is 0. The molecule has 0 aliphatic rings. The summed E-state index contributed by atoms with van der Waals surface area (Å²) in [5.74, 6) is -2.54. The number of carboxylic acids is 1. The fraction of sp³-hybridized carbons (Fsp3) is 0.333. The van der Waals surface area contributed by atoms with E-state index in [4.69, 9.17) is 0 Å². The minimum Gasteiger partial charge on any atom is -0.481 e. The Morgan fingerprint density at radius 1 is 1.00 bits per heavy atom. The van der Waals surface area contributed by atoms with Crippen LogP contribution in [-0.2, 0) is 22.6 Å². The molecule has 2 aromatic carbocycles. The van der Waals surface area contributed by atoms with Gasteiger partial charge in [0.2, 0.25) is 5.91 Å². The number of carbonyl (C=O) groups excluding carboxylic acids is 1. The predicted octanol–water partition coefficient (Wildman–Crippen LogP) is 3.50. The van der Waals surface area contributed by atoms with Crippen LogP contribution in [0.25, 0.3) is 0 Å². The van der Waals surface area contributed by atoms with Crippen molar-refractivity contribution in [3.05, 3.63) is 70.8 Å². The molecule has 2 atom stereocenters. The zero-order valence-electron chi connectivity index (χ0n) is 15.0. The number of carboxylic acid groups (broad SMARTS) is 1. The molecule has 4 heteroatoms. The van der Waals surface area contributed by atoms with E-state index in [1.165, 1.54) is 0 Å². The second-order valence-electron chi connectivity index (χ2n) is 6.64. The van der Waals surface area contributed by atoms with Gasteiger partial charge in [-0.1, -0.05) is 66.6 Å². The van der Waals surface area contributed by atoms with Crippen molar-refractivity contribution in [1.82, 2.24) is 5.32 Å². The van der Waals surface area contributed by atoms with Crippen LogP contribution in [0.4, 0.5) is 0 Å². The zero-order chi connectivity index (χ0) is 18.4. The van der Waals surface area contributed by atoms with Crippen molar-refractivity contribution in [2.75, 3.05) is 0 Å². The second-order valence-corrected chi connectivity index (χ2v) is 6.64. The zero-order valence-corrected chi connectivity index (χ0v) is 15.0. The molecule has 0 fully saturated rings. The summed E-state index contributed by atoms with van der Waals surface area (Å²) in [4.78, 5) is 24.1. The van der Waals surface area contributed by atoms with Crippen LogP contribution < -0.4 is 5.32 Å². The summed E-state index contributed by atoms with van der Waals surface area (Å²) < 4.78 is 0. The lowest BCUT2D eigenvalue weighted by Crippen LogP contribution is -2.37. The van der Waals surface area contributed by atoms with E-state index in [2.05, 4.69) is 11.4 Å². The standard InChI is InChI=1S/C21H25NO3/c1-14-9-15(2)11-18(10-14)12-19(21(24)25)16(3)20(23)22-13-17-7-5-4-6-8-17/h4-11,16,19H,12-13H2,1-3H3,(H,22,23)(H,24,25). The topological polar surface area (TPSA) is 66.4 Å². The van der Waals surface area contributed by atoms with Gasteiger partial charge in [-0.3, -0.25) is 9.59 Å². The molecule has 0 aromatic heterocycles. The fourth-order valence-corrected chi connectivity index (χ4v) is 3.05. The lowest BCUT2D eigenvalue weighted by atomic mass is 9.86. The molecule has 25 heavy (non-hydrogen) atoms. The van der Waals surface area contributed by atoms with E-state index in [0.29, 0.717) is 13.0 Å². The van der Waals surface area contributed by atoms with Crippen LogP contribution in [0.1, 0.15) is 29.2 Å². The first-order valence-corrected chi connectivity index (χ1v) is 8.48. The normalized spacial score (nSPS) is 13.1. The van der Waals surface area contributed by atoms with E-state index in [9.17, 15) is 14.7 Å². The van der Waals surface area contributed by atoms with Gasteiger partial charge in [0.1, 0.15) is 0 Å². The van der Waals surface area contributed by atoms with Gasteiger partial charge in [-0.2, -0.15) is 0 Å². The van der Waals surface area contributed by atoms with Gasteiger partial charge < -0.3 is 10.4 Å². The molecule has 2 rings (SSSR count). The average molecular weight is 339 g/mol. The predicted molar refractivity (Wildman–Crippen MR) is 98.2 cm³/mol. The quantitative estimate of drug-likeness (QED) is 0.811. The Morgan fingerprint density at radius 2 is 1.60 bits per heavy atom. The highest BCUT2D eigenvalue weighted by atomic mass is 16.4. The number of aryl methyl sites for hydroxylation is 2. The molecule has 1 amide bonds. The summed E-state index contributed by atoms with van der Waals surface area (Å²) in [6.45, 7) is 6.06. The van der Waals surface area contributed by atoms with Crippen molar-refractivity contribution in [2.24, 2.45) is 11.8 Å². The molecule has 0 aliphatic carbocycles. The lowest BCUT2D eigenvalue weighted by Gasteiger charge is -2.20. The van der Waals surface area contributed by atoms with Gasteiger partial charge >= 0.3 is 5.97 Å². The number of benzene rings is 2. The highest BCUT2D eigenvalue weighted by Crippen LogP contribution is 2.20. The molecular formula is C21H25NO3. The van der Waals surface area contributed by atoms with Crippen LogP contribution in [0.5, 0.6) is 0 Å². The van der Waals surface area contributed by atoms with Gasteiger partial charge in [0.25, 0.3) is 0 Å². The van der Waals surface area contributed by atoms with Gasteiger partial charge in [-0.15, -0.1) is 0 Å². The number of carbonyl (C=O) groups is 2. The first kappa shape index (κ1) is 18.7. The molecule has 0 bridgehead atoms. The minimum absolute atomic E-state index is 0.236. The van der Waals surface area contributed by atoms with Crippen molar-refractivity contribution in [3.63, 3.8) is 0 Å². The molecule has 0 spiro atoms. The molecule has 0 heterocycles. The van der Waals surface area contributed by atoms with E-state index in [1.807, 2.05) is 56.3 Å². The lowest BCUT2D eigenvalue weighted by molar-refractivity contribution is -0.146. The van der Waals surface area contributed by atoms with Crippen LogP contribution in [-0.4, -0.2) is 17.0 Å². The van der Waals surface area contributed by atoms with Gasteiger partial charge in [0.15, 0.2) is 0 Å². The molecule has 0 radical (unpaired) electrons. The monoisotopic (exact) mass is 339 g/mol. The Labute approximate surface area is 148 Å². The molecular weight excluding hydrogens is 314 g/mol. The van der Waals surface area contributed by atoms with Crippen molar-refractivity contribution in [1.29, 1.82) is 0 Å². The summed E-state index contributed by atoms with van der Waals surface area (Å²) in [5.41, 5.74) is 4.14. The molecule has 2 aromatic rings. The highest BCUT2D eigenvalue weighted by molar-refractivity contribution is 5.84. The van der Waals surface area contributed by atoms with Gasteiger partial charge in [-0.25, -0.2) is 0 Å². The van der Waals surface area contributed by atoms with Crippen molar-refractivity contribution in [3.8, 4) is 0 Å². The molecule has 0 aliphatic heterocycles. The molecule has 0 saturated heterocycles. The highest BCUT2D eigenvalue weighted by Gasteiger charge is 2.30. The summed E-state index contributed by atoms with van der Waals surface area (Å²) in [5, 5.41) is 12.4. The summed E-state index contributed by atoms with van der Waals surface area (Å²) in [6, 6.07) is 15.6. The number of rotatable bonds is 7. The van der Waals surface area contributed by atoms with Gasteiger partial charge in [-0.05, 0) is 31.4 Å². The van der Waals surface area contributed by atoms with E-state index in [0.717, 1.165) is 22.3 Å². The Morgan fingerprint density at radius 3 is 2.16 bits per heavy atom. The Balaban J connectivity index is 2.05. The molecule has 2 N–H and O–H groups in total. The first-order chi connectivity index (χ1) is 11.9. The average Bonchev–Trinajstić information content (AvgIpc) is 2.56. The van der Waals surface area contributed by atoms with E-state index >= 15 is 0 Å². The van der Waals surface area contributed by atoms with Gasteiger partial charge in [0.05, 0.1) is 5.92 Å². The van der Waals surface area contributed by atoms with E-state index in [1.54, 1.807) is 6.92 Å². The number of nitrogens with one attached hydrogen (secondary N) is 1. The number of hydrogen-bond acceptors (Lipinski definition) is 2. The van der Waals surface area contributed by atoms with Crippen LogP contribution in [0.3, 0.4) is 0 Å². The molecule has 4 nitrogen and oxygen atoms in total. The van der Waals surface area contributed by atoms with Crippen LogP contribution >= 0.6 is 0 Å². The Kier molecular flexibility index (Phi) is 6.34.